The molecule has 0 saturated heterocycles. The maximum absolute atomic E-state index is 12.0. The second-order valence-corrected chi connectivity index (χ2v) is 5.34. The van der Waals surface area contributed by atoms with Gasteiger partial charge in [-0.15, -0.1) is 13.2 Å². The molecule has 2 rings (SSSR count). The normalized spacial score (nSPS) is 18.2. The Balaban J connectivity index is 1.81. The number of aliphatic hydroxyl groups excluding tert-OH is 1. The zero-order chi connectivity index (χ0) is 14.6. The average Bonchev–Trinajstić information content (AvgIpc) is 2.89. The summed E-state index contributed by atoms with van der Waals surface area (Å²) in [7, 11) is 0. The lowest BCUT2D eigenvalue weighted by molar-refractivity contribution is -0.274. The van der Waals surface area contributed by atoms with E-state index in [-0.39, 0.29) is 11.9 Å². The molecule has 0 spiro atoms. The Morgan fingerprint density at radius 1 is 1.15 bits per heavy atom. The van der Waals surface area contributed by atoms with E-state index in [1.165, 1.54) is 25.0 Å². The number of hydrogen-bond donors (Lipinski definition) is 1. The summed E-state index contributed by atoms with van der Waals surface area (Å²) in [5.41, 5.74) is 0.913. The third kappa shape index (κ3) is 4.71. The molecular weight excluding hydrogens is 269 g/mol. The number of halogens is 3. The number of alkyl halides is 3. The number of ether oxygens (including phenoxy) is 1. The second-order valence-electron chi connectivity index (χ2n) is 5.34. The van der Waals surface area contributed by atoms with Crippen molar-refractivity contribution in [2.45, 2.75) is 51.0 Å². The minimum Gasteiger partial charge on any atom is -0.406 e. The molecule has 1 atom stereocenters. The van der Waals surface area contributed by atoms with Crippen LogP contribution in [0, 0.1) is 5.92 Å². The van der Waals surface area contributed by atoms with E-state index in [2.05, 4.69) is 4.74 Å². The first kappa shape index (κ1) is 15.2. The van der Waals surface area contributed by atoms with Crippen LogP contribution >= 0.6 is 0 Å². The van der Waals surface area contributed by atoms with Crippen LogP contribution in [0.25, 0.3) is 0 Å². The van der Waals surface area contributed by atoms with Crippen molar-refractivity contribution in [1.29, 1.82) is 0 Å². The van der Waals surface area contributed by atoms with Crippen molar-refractivity contribution in [2.75, 3.05) is 0 Å². The quantitative estimate of drug-likeness (QED) is 0.885. The molecule has 1 aliphatic rings. The summed E-state index contributed by atoms with van der Waals surface area (Å²) in [5.74, 6) is 0.181. The third-order valence-corrected chi connectivity index (χ3v) is 3.83. The highest BCUT2D eigenvalue weighted by atomic mass is 19.4. The molecule has 2 nitrogen and oxygen atoms in total. The van der Waals surface area contributed by atoms with Crippen LogP contribution in [0.15, 0.2) is 24.3 Å². The van der Waals surface area contributed by atoms with E-state index < -0.39 is 6.36 Å². The Hall–Kier alpha value is -1.23. The molecule has 0 amide bonds. The Kier molecular flexibility index (Phi) is 4.91. The SMILES string of the molecule is OC(CCc1ccc(OC(F)(F)F)cc1)C1CCCC1. The molecule has 1 fully saturated rings. The van der Waals surface area contributed by atoms with Crippen LogP contribution in [0.5, 0.6) is 5.75 Å². The topological polar surface area (TPSA) is 29.5 Å². The molecule has 1 saturated carbocycles. The van der Waals surface area contributed by atoms with E-state index in [0.29, 0.717) is 18.8 Å². The van der Waals surface area contributed by atoms with Gasteiger partial charge in [0.25, 0.3) is 0 Å². The molecule has 20 heavy (non-hydrogen) atoms. The van der Waals surface area contributed by atoms with Gasteiger partial charge in [0.2, 0.25) is 0 Å². The summed E-state index contributed by atoms with van der Waals surface area (Å²) in [6, 6.07) is 5.85. The summed E-state index contributed by atoms with van der Waals surface area (Å²) in [6.07, 6.45) is 0.910. The fourth-order valence-corrected chi connectivity index (χ4v) is 2.75. The van der Waals surface area contributed by atoms with Crippen molar-refractivity contribution in [3.05, 3.63) is 29.8 Å². The molecule has 1 unspecified atom stereocenters. The summed E-state index contributed by atoms with van der Waals surface area (Å²) in [6.45, 7) is 0. The van der Waals surface area contributed by atoms with Crippen molar-refractivity contribution in [2.24, 2.45) is 5.92 Å². The van der Waals surface area contributed by atoms with E-state index in [1.807, 2.05) is 0 Å². The van der Waals surface area contributed by atoms with E-state index in [0.717, 1.165) is 18.4 Å². The average molecular weight is 288 g/mol. The van der Waals surface area contributed by atoms with Crippen molar-refractivity contribution in [3.8, 4) is 5.75 Å². The number of hydrogen-bond acceptors (Lipinski definition) is 2. The first-order valence-corrected chi connectivity index (χ1v) is 6.97. The van der Waals surface area contributed by atoms with Crippen LogP contribution < -0.4 is 4.74 Å². The van der Waals surface area contributed by atoms with Gasteiger partial charge in [-0.3, -0.25) is 0 Å². The number of rotatable bonds is 5. The highest BCUT2D eigenvalue weighted by Gasteiger charge is 2.31. The Morgan fingerprint density at radius 2 is 1.75 bits per heavy atom. The van der Waals surface area contributed by atoms with Gasteiger partial charge in [-0.25, -0.2) is 0 Å². The predicted octanol–water partition coefficient (Wildman–Crippen LogP) is 4.07. The third-order valence-electron chi connectivity index (χ3n) is 3.83. The van der Waals surface area contributed by atoms with Crippen LogP contribution in [0.4, 0.5) is 13.2 Å². The van der Waals surface area contributed by atoms with Crippen LogP contribution in [0.3, 0.4) is 0 Å². The van der Waals surface area contributed by atoms with Gasteiger partial charge in [0.1, 0.15) is 5.75 Å². The molecule has 112 valence electrons. The molecule has 0 aromatic heterocycles. The van der Waals surface area contributed by atoms with Gasteiger partial charge in [-0.2, -0.15) is 0 Å². The highest BCUT2D eigenvalue weighted by Crippen LogP contribution is 2.29. The molecule has 0 bridgehead atoms. The minimum absolute atomic E-state index is 0.211. The summed E-state index contributed by atoms with van der Waals surface area (Å²) < 4.78 is 39.9. The van der Waals surface area contributed by atoms with E-state index >= 15 is 0 Å². The van der Waals surface area contributed by atoms with Gasteiger partial charge in [0.05, 0.1) is 6.10 Å². The summed E-state index contributed by atoms with van der Waals surface area (Å²) in [4.78, 5) is 0. The fourth-order valence-electron chi connectivity index (χ4n) is 2.75. The second kappa shape index (κ2) is 6.48. The zero-order valence-electron chi connectivity index (χ0n) is 11.2. The Labute approximate surface area is 116 Å². The number of benzene rings is 1. The molecule has 1 aromatic carbocycles. The van der Waals surface area contributed by atoms with E-state index in [4.69, 9.17) is 0 Å². The number of aliphatic hydroxyl groups is 1. The van der Waals surface area contributed by atoms with Gasteiger partial charge in [-0.1, -0.05) is 25.0 Å². The highest BCUT2D eigenvalue weighted by molar-refractivity contribution is 5.27. The molecule has 0 heterocycles. The van der Waals surface area contributed by atoms with Gasteiger partial charge in [0, 0.05) is 0 Å². The van der Waals surface area contributed by atoms with Gasteiger partial charge in [0.15, 0.2) is 0 Å². The monoisotopic (exact) mass is 288 g/mol. The zero-order valence-corrected chi connectivity index (χ0v) is 11.2. The van der Waals surface area contributed by atoms with Gasteiger partial charge in [-0.05, 0) is 49.3 Å². The standard InChI is InChI=1S/C15H19F3O2/c16-15(17,18)20-13-8-5-11(6-9-13)7-10-14(19)12-3-1-2-4-12/h5-6,8-9,12,14,19H,1-4,7,10H2. The van der Waals surface area contributed by atoms with E-state index in [1.54, 1.807) is 12.1 Å². The molecule has 0 aliphatic heterocycles. The maximum atomic E-state index is 12.0. The van der Waals surface area contributed by atoms with Crippen molar-refractivity contribution in [1.82, 2.24) is 0 Å². The Morgan fingerprint density at radius 3 is 2.30 bits per heavy atom. The van der Waals surface area contributed by atoms with Crippen LogP contribution in [0.2, 0.25) is 0 Å². The lowest BCUT2D eigenvalue weighted by Crippen LogP contribution is -2.18. The predicted molar refractivity (Wildman–Crippen MR) is 69.4 cm³/mol. The van der Waals surface area contributed by atoms with Crippen molar-refractivity contribution >= 4 is 0 Å². The first-order valence-electron chi connectivity index (χ1n) is 6.97. The van der Waals surface area contributed by atoms with E-state index in [9.17, 15) is 18.3 Å². The lowest BCUT2D eigenvalue weighted by atomic mass is 9.95. The number of aryl methyl sites for hydroxylation is 1. The first-order chi connectivity index (χ1) is 9.44. The molecule has 0 radical (unpaired) electrons. The van der Waals surface area contributed by atoms with Crippen molar-refractivity contribution < 1.29 is 23.0 Å². The molecule has 1 aliphatic carbocycles. The minimum atomic E-state index is -4.65. The fraction of sp³-hybridized carbons (Fsp3) is 0.600. The summed E-state index contributed by atoms with van der Waals surface area (Å²) in [5, 5.41) is 10.0. The maximum Gasteiger partial charge on any atom is 0.573 e. The lowest BCUT2D eigenvalue weighted by Gasteiger charge is -2.17. The molecule has 1 N–H and O–H groups in total. The Bertz CT molecular complexity index is 408. The molecular formula is C15H19F3O2. The van der Waals surface area contributed by atoms with Crippen LogP contribution in [0.1, 0.15) is 37.7 Å². The van der Waals surface area contributed by atoms with Crippen LogP contribution in [-0.2, 0) is 6.42 Å². The molecule has 1 aromatic rings. The van der Waals surface area contributed by atoms with Crippen LogP contribution in [-0.4, -0.2) is 17.6 Å². The smallest absolute Gasteiger partial charge is 0.406 e. The summed E-state index contributed by atoms with van der Waals surface area (Å²) >= 11 is 0. The van der Waals surface area contributed by atoms with Gasteiger partial charge < -0.3 is 9.84 Å². The van der Waals surface area contributed by atoms with Gasteiger partial charge >= 0.3 is 6.36 Å². The molecule has 5 heteroatoms. The van der Waals surface area contributed by atoms with Crippen molar-refractivity contribution in [3.63, 3.8) is 0 Å². The largest absolute Gasteiger partial charge is 0.573 e.